The number of hydrogen-bond donors (Lipinski definition) is 0. The summed E-state index contributed by atoms with van der Waals surface area (Å²) in [5.74, 6) is -0.197. The van der Waals surface area contributed by atoms with E-state index in [4.69, 9.17) is 0 Å². The van der Waals surface area contributed by atoms with Gasteiger partial charge in [-0.25, -0.2) is 0 Å². The number of hydrogen-bond acceptors (Lipinski definition) is 5. The van der Waals surface area contributed by atoms with Crippen LogP contribution in [-0.2, 0) is 4.79 Å². The first-order valence-corrected chi connectivity index (χ1v) is 6.93. The third kappa shape index (κ3) is 2.82. The second-order valence-corrected chi connectivity index (χ2v) is 5.13. The number of benzene rings is 2. The first-order valence-electron chi connectivity index (χ1n) is 6.93. The minimum atomic E-state index is -0.495. The fraction of sp³-hybridized carbons (Fsp3) is 0. The fourth-order valence-electron chi connectivity index (χ4n) is 2.48. The average molecular weight is 322 g/mol. The van der Waals surface area contributed by atoms with E-state index in [0.717, 1.165) is 0 Å². The average Bonchev–Trinajstić information content (AvgIpc) is 2.97. The van der Waals surface area contributed by atoms with Gasteiger partial charge in [-0.2, -0.15) is 0 Å². The molecule has 7 nitrogen and oxygen atoms in total. The van der Waals surface area contributed by atoms with E-state index in [2.05, 4.69) is 0 Å². The number of allylic oxidation sites excluding steroid dienone is 4. The van der Waals surface area contributed by atoms with E-state index >= 15 is 0 Å². The van der Waals surface area contributed by atoms with E-state index in [1.165, 1.54) is 36.4 Å². The maximum Gasteiger partial charge on any atom is 0.269 e. The Balaban J connectivity index is 1.97. The van der Waals surface area contributed by atoms with Crippen molar-refractivity contribution in [1.29, 1.82) is 0 Å². The van der Waals surface area contributed by atoms with Crippen LogP contribution in [0.4, 0.5) is 11.4 Å². The molecule has 0 fully saturated rings. The fourth-order valence-corrected chi connectivity index (χ4v) is 2.48. The van der Waals surface area contributed by atoms with Gasteiger partial charge in [0.15, 0.2) is 5.78 Å². The Labute approximate surface area is 135 Å². The number of nitrogens with zero attached hydrogens (tertiary/aromatic N) is 2. The molecule has 0 saturated carbocycles. The highest BCUT2D eigenvalue weighted by atomic mass is 16.6. The largest absolute Gasteiger partial charge is 0.290 e. The Hall–Kier alpha value is -3.61. The highest BCUT2D eigenvalue weighted by Gasteiger charge is 2.20. The van der Waals surface area contributed by atoms with Crippen LogP contribution in [0.3, 0.4) is 0 Å². The lowest BCUT2D eigenvalue weighted by atomic mass is 9.95. The summed E-state index contributed by atoms with van der Waals surface area (Å²) >= 11 is 0. The van der Waals surface area contributed by atoms with Crippen LogP contribution in [0.1, 0.15) is 11.1 Å². The Bertz CT molecular complexity index is 834. The number of ketones is 1. The van der Waals surface area contributed by atoms with Crippen molar-refractivity contribution in [2.75, 3.05) is 0 Å². The van der Waals surface area contributed by atoms with Gasteiger partial charge in [-0.3, -0.25) is 25.0 Å². The van der Waals surface area contributed by atoms with Crippen molar-refractivity contribution >= 4 is 28.3 Å². The summed E-state index contributed by atoms with van der Waals surface area (Å²) in [5, 5.41) is 21.5. The predicted molar refractivity (Wildman–Crippen MR) is 87.2 cm³/mol. The van der Waals surface area contributed by atoms with Gasteiger partial charge in [0, 0.05) is 24.3 Å². The first-order chi connectivity index (χ1) is 11.5. The zero-order chi connectivity index (χ0) is 17.3. The van der Waals surface area contributed by atoms with Crippen molar-refractivity contribution in [3.05, 3.63) is 92.0 Å². The third-order valence-electron chi connectivity index (χ3n) is 3.64. The predicted octanol–water partition coefficient (Wildman–Crippen LogP) is 3.55. The van der Waals surface area contributed by atoms with Crippen LogP contribution >= 0.6 is 0 Å². The molecule has 2 aromatic carbocycles. The summed E-state index contributed by atoms with van der Waals surface area (Å²) in [6.07, 6.45) is 2.88. The molecule has 0 spiro atoms. The van der Waals surface area contributed by atoms with Crippen LogP contribution in [0.15, 0.2) is 60.7 Å². The van der Waals surface area contributed by atoms with E-state index in [-0.39, 0.29) is 17.2 Å². The smallest absolute Gasteiger partial charge is 0.269 e. The van der Waals surface area contributed by atoms with Crippen LogP contribution in [-0.4, -0.2) is 15.6 Å². The van der Waals surface area contributed by atoms with Gasteiger partial charge < -0.3 is 0 Å². The Morgan fingerprint density at radius 3 is 1.25 bits per heavy atom. The summed E-state index contributed by atoms with van der Waals surface area (Å²) in [5.41, 5.74) is 2.51. The lowest BCUT2D eigenvalue weighted by molar-refractivity contribution is -0.385. The molecule has 0 atom stereocenters. The number of non-ortho nitro benzene ring substituents is 2. The highest BCUT2D eigenvalue weighted by Crippen LogP contribution is 2.36. The maximum absolute atomic E-state index is 11.8. The normalized spacial score (nSPS) is 13.4. The molecule has 1 aliphatic rings. The van der Waals surface area contributed by atoms with Crippen molar-refractivity contribution in [2.24, 2.45) is 0 Å². The maximum atomic E-state index is 11.8. The Morgan fingerprint density at radius 2 is 0.958 bits per heavy atom. The second kappa shape index (κ2) is 5.88. The summed E-state index contributed by atoms with van der Waals surface area (Å²) in [6, 6.07) is 11.8. The number of nitro benzene ring substituents is 2. The molecule has 3 rings (SSSR count). The van der Waals surface area contributed by atoms with Crippen LogP contribution in [0, 0.1) is 20.2 Å². The van der Waals surface area contributed by atoms with Crippen molar-refractivity contribution < 1.29 is 14.6 Å². The number of carbonyl (C=O) groups excluding carboxylic acids is 1. The monoisotopic (exact) mass is 322 g/mol. The number of nitro groups is 2. The van der Waals surface area contributed by atoms with Crippen LogP contribution in [0.2, 0.25) is 0 Å². The van der Waals surface area contributed by atoms with Gasteiger partial charge in [-0.15, -0.1) is 0 Å². The zero-order valence-electron chi connectivity index (χ0n) is 12.2. The second-order valence-electron chi connectivity index (χ2n) is 5.13. The van der Waals surface area contributed by atoms with Crippen molar-refractivity contribution in [1.82, 2.24) is 0 Å². The van der Waals surface area contributed by atoms with Crippen molar-refractivity contribution in [2.45, 2.75) is 0 Å². The van der Waals surface area contributed by atoms with E-state index < -0.39 is 9.85 Å². The molecule has 7 heteroatoms. The molecule has 0 saturated heterocycles. The van der Waals surface area contributed by atoms with Crippen LogP contribution in [0.25, 0.3) is 11.1 Å². The zero-order valence-corrected chi connectivity index (χ0v) is 12.2. The van der Waals surface area contributed by atoms with Gasteiger partial charge in [0.05, 0.1) is 9.85 Å². The van der Waals surface area contributed by atoms with Gasteiger partial charge >= 0.3 is 0 Å². The molecule has 0 amide bonds. The molecule has 0 aliphatic heterocycles. The highest BCUT2D eigenvalue weighted by molar-refractivity contribution is 6.25. The topological polar surface area (TPSA) is 103 Å². The molecule has 0 radical (unpaired) electrons. The lowest BCUT2D eigenvalue weighted by Crippen LogP contribution is -1.92. The number of rotatable bonds is 4. The van der Waals surface area contributed by atoms with Crippen molar-refractivity contribution in [3.8, 4) is 0 Å². The summed E-state index contributed by atoms with van der Waals surface area (Å²) in [6.45, 7) is 0. The quantitative estimate of drug-likeness (QED) is 0.632. The van der Waals surface area contributed by atoms with Crippen LogP contribution in [0.5, 0.6) is 0 Å². The molecular formula is C17H10N2O5. The van der Waals surface area contributed by atoms with Gasteiger partial charge in [-0.05, 0) is 58.7 Å². The van der Waals surface area contributed by atoms with Gasteiger partial charge in [0.25, 0.3) is 11.4 Å². The van der Waals surface area contributed by atoms with Gasteiger partial charge in [-0.1, -0.05) is 0 Å². The molecule has 0 heterocycles. The molecule has 0 bridgehead atoms. The molecule has 118 valence electrons. The minimum Gasteiger partial charge on any atom is -0.290 e. The summed E-state index contributed by atoms with van der Waals surface area (Å²) < 4.78 is 0. The van der Waals surface area contributed by atoms with Crippen LogP contribution < -0.4 is 0 Å². The van der Waals surface area contributed by atoms with E-state index in [0.29, 0.717) is 22.3 Å². The van der Waals surface area contributed by atoms with E-state index in [1.807, 2.05) is 0 Å². The standard InChI is InChI=1S/C17H10N2O5/c20-15-9-16(11-1-5-13(6-2-11)18(21)22)17(10-15)12-3-7-14(8-4-12)19(23)24/h1-10H. The molecular weight excluding hydrogens is 312 g/mol. The Morgan fingerprint density at radius 1 is 0.625 bits per heavy atom. The Kier molecular flexibility index (Phi) is 3.75. The SMILES string of the molecule is O=C1C=C(c2ccc([N+](=O)[O-])cc2)C(c2ccc([N+](=O)[O-])cc2)=C1. The molecule has 0 aromatic heterocycles. The van der Waals surface area contributed by atoms with Gasteiger partial charge in [0.1, 0.15) is 0 Å². The van der Waals surface area contributed by atoms with Gasteiger partial charge in [0.2, 0.25) is 0 Å². The first kappa shape index (κ1) is 15.3. The molecule has 1 aliphatic carbocycles. The summed E-state index contributed by atoms with van der Waals surface area (Å²) in [7, 11) is 0. The molecule has 0 unspecified atom stereocenters. The van der Waals surface area contributed by atoms with Crippen molar-refractivity contribution in [3.63, 3.8) is 0 Å². The molecule has 2 aromatic rings. The number of carbonyl (C=O) groups is 1. The van der Waals surface area contributed by atoms with E-state index in [9.17, 15) is 25.0 Å². The molecule has 0 N–H and O–H groups in total. The third-order valence-corrected chi connectivity index (χ3v) is 3.64. The lowest BCUT2D eigenvalue weighted by Gasteiger charge is -2.09. The van der Waals surface area contributed by atoms with E-state index in [1.54, 1.807) is 24.3 Å². The summed E-state index contributed by atoms with van der Waals surface area (Å²) in [4.78, 5) is 32.3. The molecule has 24 heavy (non-hydrogen) atoms. The minimum absolute atomic E-state index is 0.0375.